The van der Waals surface area contributed by atoms with Crippen LogP contribution in [-0.4, -0.2) is 16.6 Å². The maximum atomic E-state index is 13.0. The topological polar surface area (TPSA) is 89.3 Å². The summed E-state index contributed by atoms with van der Waals surface area (Å²) < 4.78 is 0. The second-order valence-corrected chi connectivity index (χ2v) is 8.09. The number of benzene rings is 1. The molecule has 1 aliphatic heterocycles. The summed E-state index contributed by atoms with van der Waals surface area (Å²) in [6, 6.07) is 8.07. The zero-order valence-electron chi connectivity index (χ0n) is 14.1. The van der Waals surface area contributed by atoms with Crippen molar-refractivity contribution in [2.75, 3.05) is 0 Å². The molecular weight excluding hydrogens is 388 g/mol. The van der Waals surface area contributed by atoms with Crippen molar-refractivity contribution in [3.63, 3.8) is 0 Å². The molecule has 2 heterocycles. The van der Waals surface area contributed by atoms with Crippen molar-refractivity contribution in [3.05, 3.63) is 72.6 Å². The number of thiophene rings is 1. The highest BCUT2D eigenvalue weighted by Crippen LogP contribution is 2.45. The summed E-state index contributed by atoms with van der Waals surface area (Å²) in [6.45, 7) is 0. The Bertz CT molecular complexity index is 984. The summed E-state index contributed by atoms with van der Waals surface area (Å²) in [5.41, 5.74) is 1.50. The molecule has 27 heavy (non-hydrogen) atoms. The van der Waals surface area contributed by atoms with Gasteiger partial charge in [-0.1, -0.05) is 17.7 Å². The van der Waals surface area contributed by atoms with Gasteiger partial charge < -0.3 is 5.32 Å². The van der Waals surface area contributed by atoms with Crippen molar-refractivity contribution in [1.82, 2.24) is 5.32 Å². The van der Waals surface area contributed by atoms with Crippen LogP contribution in [-0.2, 0) is 9.59 Å². The third kappa shape index (κ3) is 3.28. The minimum absolute atomic E-state index is 0.0379. The molecule has 0 bridgehead atoms. The van der Waals surface area contributed by atoms with Gasteiger partial charge in [0.25, 0.3) is 5.69 Å². The van der Waals surface area contributed by atoms with Gasteiger partial charge in [0.1, 0.15) is 0 Å². The molecule has 0 radical (unpaired) electrons. The summed E-state index contributed by atoms with van der Waals surface area (Å²) in [7, 11) is 0. The SMILES string of the molecule is O=C1C[C@@H](c2cc([N+](=O)[O-])ccc2Cl)C2=C(C[C@H](c3cccs3)CC2=O)N1. The second-order valence-electron chi connectivity index (χ2n) is 6.70. The van der Waals surface area contributed by atoms with Crippen molar-refractivity contribution in [1.29, 1.82) is 0 Å². The number of nitro benzene ring substituents is 1. The summed E-state index contributed by atoms with van der Waals surface area (Å²) in [4.78, 5) is 37.0. The number of nitro groups is 1. The van der Waals surface area contributed by atoms with Crippen LogP contribution in [0.5, 0.6) is 0 Å². The lowest BCUT2D eigenvalue weighted by atomic mass is 9.74. The van der Waals surface area contributed by atoms with Crippen LogP contribution in [0.4, 0.5) is 5.69 Å². The van der Waals surface area contributed by atoms with Gasteiger partial charge in [0, 0.05) is 58.0 Å². The van der Waals surface area contributed by atoms with Crippen LogP contribution >= 0.6 is 22.9 Å². The first-order chi connectivity index (χ1) is 12.9. The first-order valence-corrected chi connectivity index (χ1v) is 9.73. The second kappa shape index (κ2) is 6.90. The molecule has 0 spiro atoms. The summed E-state index contributed by atoms with van der Waals surface area (Å²) in [6.07, 6.45) is 0.976. The number of non-ortho nitro benzene ring substituents is 1. The van der Waals surface area contributed by atoms with Crippen molar-refractivity contribution in [3.8, 4) is 0 Å². The third-order valence-electron chi connectivity index (χ3n) is 5.05. The van der Waals surface area contributed by atoms with Gasteiger partial charge in [-0.25, -0.2) is 0 Å². The average Bonchev–Trinajstić information content (AvgIpc) is 3.15. The minimum atomic E-state index is -0.557. The van der Waals surface area contributed by atoms with Crippen LogP contribution in [0, 0.1) is 10.1 Å². The Morgan fingerprint density at radius 1 is 1.19 bits per heavy atom. The molecule has 1 N–H and O–H groups in total. The first-order valence-electron chi connectivity index (χ1n) is 8.47. The molecule has 1 aromatic heterocycles. The number of hydrogen-bond donors (Lipinski definition) is 1. The molecule has 2 atom stereocenters. The zero-order valence-corrected chi connectivity index (χ0v) is 15.7. The van der Waals surface area contributed by atoms with E-state index in [1.165, 1.54) is 18.2 Å². The van der Waals surface area contributed by atoms with Gasteiger partial charge in [0.05, 0.1) is 4.92 Å². The number of hydrogen-bond acceptors (Lipinski definition) is 5. The number of amides is 1. The van der Waals surface area contributed by atoms with E-state index in [0.29, 0.717) is 34.7 Å². The number of allylic oxidation sites excluding steroid dienone is 2. The molecule has 2 aliphatic rings. The third-order valence-corrected chi connectivity index (χ3v) is 6.43. The fraction of sp³-hybridized carbons (Fsp3) is 0.263. The Hall–Kier alpha value is -2.51. The van der Waals surface area contributed by atoms with E-state index in [0.717, 1.165) is 4.88 Å². The molecular formula is C19H15ClN2O4S. The van der Waals surface area contributed by atoms with E-state index < -0.39 is 10.8 Å². The van der Waals surface area contributed by atoms with E-state index in [-0.39, 0.29) is 29.7 Å². The highest BCUT2D eigenvalue weighted by Gasteiger charge is 2.39. The largest absolute Gasteiger partial charge is 0.329 e. The smallest absolute Gasteiger partial charge is 0.269 e. The molecule has 1 aromatic carbocycles. The van der Waals surface area contributed by atoms with Crippen molar-refractivity contribution < 1.29 is 14.5 Å². The number of ketones is 1. The van der Waals surface area contributed by atoms with E-state index >= 15 is 0 Å². The molecule has 4 rings (SSSR count). The normalized spacial score (nSPS) is 22.4. The molecule has 1 aliphatic carbocycles. The van der Waals surface area contributed by atoms with Crippen LogP contribution in [0.25, 0.3) is 0 Å². The quantitative estimate of drug-likeness (QED) is 0.611. The average molecular weight is 403 g/mol. The molecule has 0 unspecified atom stereocenters. The Balaban J connectivity index is 1.78. The van der Waals surface area contributed by atoms with E-state index in [1.54, 1.807) is 11.3 Å². The highest BCUT2D eigenvalue weighted by atomic mass is 35.5. The van der Waals surface area contributed by atoms with E-state index in [4.69, 9.17) is 11.6 Å². The fourth-order valence-corrected chi connectivity index (χ4v) is 4.94. The fourth-order valence-electron chi connectivity index (χ4n) is 3.86. The monoisotopic (exact) mass is 402 g/mol. The Morgan fingerprint density at radius 3 is 2.70 bits per heavy atom. The molecule has 1 amide bonds. The molecule has 0 fully saturated rings. The molecule has 138 valence electrons. The molecule has 8 heteroatoms. The standard InChI is InChI=1S/C19H15ClN2O4S/c20-14-4-3-11(22(25)26)8-12(14)13-9-18(24)21-15-6-10(7-16(23)19(13)15)17-2-1-5-27-17/h1-5,8,10,13H,6-7,9H2,(H,21,24)/t10-,13-/m0/s1. The Labute approximate surface area is 164 Å². The maximum absolute atomic E-state index is 13.0. The number of carbonyl (C=O) groups is 2. The van der Waals surface area contributed by atoms with Crippen molar-refractivity contribution >= 4 is 40.3 Å². The summed E-state index contributed by atoms with van der Waals surface area (Å²) in [5.74, 6) is -0.767. The number of Topliss-reactive ketones (excluding diaryl/α,β-unsaturated/α-hetero) is 1. The van der Waals surface area contributed by atoms with Crippen LogP contribution in [0.15, 0.2) is 47.0 Å². The van der Waals surface area contributed by atoms with Gasteiger partial charge in [0.2, 0.25) is 5.91 Å². The molecule has 0 saturated heterocycles. The van der Waals surface area contributed by atoms with Gasteiger partial charge in [-0.05, 0) is 29.5 Å². The van der Waals surface area contributed by atoms with Crippen LogP contribution in [0.1, 0.15) is 41.5 Å². The Kier molecular flexibility index (Phi) is 4.57. The molecule has 0 saturated carbocycles. The number of nitrogens with one attached hydrogen (secondary N) is 1. The maximum Gasteiger partial charge on any atom is 0.269 e. The number of nitrogens with zero attached hydrogens (tertiary/aromatic N) is 1. The van der Waals surface area contributed by atoms with Crippen LogP contribution < -0.4 is 5.32 Å². The van der Waals surface area contributed by atoms with Gasteiger partial charge in [-0.2, -0.15) is 0 Å². The van der Waals surface area contributed by atoms with Crippen LogP contribution in [0.2, 0.25) is 5.02 Å². The molecule has 2 aromatic rings. The lowest BCUT2D eigenvalue weighted by Crippen LogP contribution is -2.38. The predicted molar refractivity (Wildman–Crippen MR) is 102 cm³/mol. The van der Waals surface area contributed by atoms with Gasteiger partial charge in [-0.15, -0.1) is 11.3 Å². The van der Waals surface area contributed by atoms with Gasteiger partial charge in [0.15, 0.2) is 5.78 Å². The van der Waals surface area contributed by atoms with Crippen molar-refractivity contribution in [2.24, 2.45) is 0 Å². The summed E-state index contributed by atoms with van der Waals surface area (Å²) >= 11 is 7.88. The zero-order chi connectivity index (χ0) is 19.1. The number of halogens is 1. The lowest BCUT2D eigenvalue weighted by molar-refractivity contribution is -0.384. The Morgan fingerprint density at radius 2 is 2.00 bits per heavy atom. The van der Waals surface area contributed by atoms with E-state index in [2.05, 4.69) is 5.32 Å². The highest BCUT2D eigenvalue weighted by molar-refractivity contribution is 7.10. The van der Waals surface area contributed by atoms with E-state index in [1.807, 2.05) is 17.5 Å². The van der Waals surface area contributed by atoms with Crippen molar-refractivity contribution in [2.45, 2.75) is 31.1 Å². The minimum Gasteiger partial charge on any atom is -0.329 e. The van der Waals surface area contributed by atoms with Gasteiger partial charge in [-0.3, -0.25) is 19.7 Å². The first kappa shape index (κ1) is 17.9. The van der Waals surface area contributed by atoms with Crippen LogP contribution in [0.3, 0.4) is 0 Å². The number of rotatable bonds is 3. The number of carbonyl (C=O) groups excluding carboxylic acids is 2. The predicted octanol–water partition coefficient (Wildman–Crippen LogP) is 4.31. The lowest BCUT2D eigenvalue weighted by Gasteiger charge is -2.34. The van der Waals surface area contributed by atoms with Gasteiger partial charge >= 0.3 is 0 Å². The summed E-state index contributed by atoms with van der Waals surface area (Å²) in [5, 5.41) is 16.3. The molecule has 6 nitrogen and oxygen atoms in total. The van der Waals surface area contributed by atoms with E-state index in [9.17, 15) is 19.7 Å².